The van der Waals surface area contributed by atoms with Gasteiger partial charge in [0.25, 0.3) is 0 Å². The van der Waals surface area contributed by atoms with Crippen LogP contribution in [0.15, 0.2) is 0 Å². The molecule has 1 aliphatic rings. The van der Waals surface area contributed by atoms with Gasteiger partial charge < -0.3 is 0 Å². The average Bonchev–Trinajstić information content (AvgIpc) is 3.06. The van der Waals surface area contributed by atoms with E-state index in [1.54, 1.807) is 0 Å². The molecule has 1 rings (SSSR count). The van der Waals surface area contributed by atoms with Crippen molar-refractivity contribution in [3.63, 3.8) is 0 Å². The molecule has 5 heteroatoms. The van der Waals surface area contributed by atoms with Gasteiger partial charge in [0.2, 0.25) is 0 Å². The molecule has 0 spiro atoms. The van der Waals surface area contributed by atoms with Crippen LogP contribution >= 0.6 is 0 Å². The molecule has 0 N–H and O–H groups in total. The van der Waals surface area contributed by atoms with E-state index < -0.39 is 24.0 Å². The maximum absolute atomic E-state index is 13.3. The Morgan fingerprint density at radius 2 is 1.50 bits per heavy atom. The summed E-state index contributed by atoms with van der Waals surface area (Å²) >= 11 is -2.75. The molecular weight excluding hydrogens is 457 g/mol. The summed E-state index contributed by atoms with van der Waals surface area (Å²) in [5.74, 6) is 0.380. The summed E-state index contributed by atoms with van der Waals surface area (Å²) in [6.45, 7) is 17.8. The second-order valence-corrected chi connectivity index (χ2v) is 23.5. The molecule has 1 amide bonds. The van der Waals surface area contributed by atoms with Crippen molar-refractivity contribution in [1.82, 2.24) is 4.90 Å². The van der Waals surface area contributed by atoms with Gasteiger partial charge in [0.15, 0.2) is 0 Å². The van der Waals surface area contributed by atoms with E-state index in [1.807, 2.05) is 20.8 Å². The molecule has 0 aromatic carbocycles. The Hall–Kier alpha value is 0.0287. The van der Waals surface area contributed by atoms with Crippen molar-refractivity contribution in [1.29, 1.82) is 0 Å². The van der Waals surface area contributed by atoms with Gasteiger partial charge in [0.05, 0.1) is 0 Å². The first-order valence-electron chi connectivity index (χ1n) is 11.7. The molecule has 1 heterocycles. The van der Waals surface area contributed by atoms with Crippen LogP contribution < -0.4 is 0 Å². The fourth-order valence-electron chi connectivity index (χ4n) is 4.39. The molecule has 0 aromatic heterocycles. The number of nitrogens with zero attached hydrogens (tertiary/aromatic N) is 1. The van der Waals surface area contributed by atoms with Crippen molar-refractivity contribution in [2.24, 2.45) is 5.92 Å². The first kappa shape index (κ1) is 26.1. The Morgan fingerprint density at radius 3 is 1.86 bits per heavy atom. The summed E-state index contributed by atoms with van der Waals surface area (Å²) in [6.07, 6.45) is 7.35. The molecule has 1 aliphatic heterocycles. The van der Waals surface area contributed by atoms with Crippen LogP contribution in [0.25, 0.3) is 0 Å². The van der Waals surface area contributed by atoms with Crippen molar-refractivity contribution in [3.05, 3.63) is 0 Å². The van der Waals surface area contributed by atoms with Crippen molar-refractivity contribution >= 4 is 24.5 Å². The van der Waals surface area contributed by atoms with E-state index in [4.69, 9.17) is 9.47 Å². The molecule has 0 aromatic rings. The third-order valence-electron chi connectivity index (χ3n) is 6.02. The van der Waals surface area contributed by atoms with Crippen LogP contribution in [0.5, 0.6) is 0 Å². The SMILES string of the molecule is CCC[CH2][Sn]([CH2]CCC)([CH2]CCC)[C@@H]1OCC(C(C)C)N1C(=O)OC(C)(C)C. The fourth-order valence-corrected chi connectivity index (χ4v) is 21.5. The molecule has 166 valence electrons. The molecule has 28 heavy (non-hydrogen) atoms. The Balaban J connectivity index is 3.28. The predicted octanol–water partition coefficient (Wildman–Crippen LogP) is 6.99. The molecule has 2 atom stereocenters. The maximum atomic E-state index is 13.3. The van der Waals surface area contributed by atoms with Gasteiger partial charge in [-0.15, -0.1) is 0 Å². The zero-order valence-corrected chi connectivity index (χ0v) is 22.8. The van der Waals surface area contributed by atoms with Gasteiger partial charge >= 0.3 is 179 Å². The quantitative estimate of drug-likeness (QED) is 0.285. The van der Waals surface area contributed by atoms with Crippen LogP contribution in [0.1, 0.15) is 93.9 Å². The van der Waals surface area contributed by atoms with Gasteiger partial charge in [0.1, 0.15) is 0 Å². The number of hydrogen-bond donors (Lipinski definition) is 0. The van der Waals surface area contributed by atoms with Gasteiger partial charge in [-0.1, -0.05) is 0 Å². The minimum absolute atomic E-state index is 0.0428. The number of carbonyl (C=O) groups is 1. The normalized spacial score (nSPS) is 20.8. The summed E-state index contributed by atoms with van der Waals surface area (Å²) in [5, 5.41) is 0. The van der Waals surface area contributed by atoms with Crippen molar-refractivity contribution < 1.29 is 14.3 Å². The Labute approximate surface area is 179 Å². The van der Waals surface area contributed by atoms with Crippen LogP contribution in [-0.2, 0) is 9.47 Å². The summed E-state index contributed by atoms with van der Waals surface area (Å²) in [5.41, 5.74) is -0.472. The monoisotopic (exact) mass is 505 g/mol. The molecule has 0 aliphatic carbocycles. The number of carbonyl (C=O) groups excluding carboxylic acids is 1. The number of unbranched alkanes of at least 4 members (excludes halogenated alkanes) is 3. The summed E-state index contributed by atoms with van der Waals surface area (Å²) in [6, 6.07) is 0.140. The number of rotatable bonds is 11. The standard InChI is InChI=1S/C11H20NO3.3C4H9.Sn/c1-8(2)9-6-14-7-12(9)10(13)15-11(3,4)5;3*1-3-4-2;/h7-9H,6H2,1-5H3;3*1,3-4H2,2H3;. The van der Waals surface area contributed by atoms with Crippen molar-refractivity contribution in [2.45, 2.75) is 123 Å². The average molecular weight is 504 g/mol. The molecule has 0 bridgehead atoms. The second-order valence-electron chi connectivity index (χ2n) is 10.1. The molecule has 0 radical (unpaired) electrons. The van der Waals surface area contributed by atoms with E-state index in [-0.39, 0.29) is 16.4 Å². The van der Waals surface area contributed by atoms with Gasteiger partial charge in [-0.25, -0.2) is 0 Å². The molecule has 1 saturated heterocycles. The Morgan fingerprint density at radius 1 is 1.04 bits per heavy atom. The molecule has 4 nitrogen and oxygen atoms in total. The predicted molar refractivity (Wildman–Crippen MR) is 121 cm³/mol. The third-order valence-corrected chi connectivity index (χ3v) is 21.8. The molecular formula is C23H47NO3Sn. The van der Waals surface area contributed by atoms with Gasteiger partial charge in [0, 0.05) is 0 Å². The summed E-state index contributed by atoms with van der Waals surface area (Å²) < 4.78 is 16.5. The van der Waals surface area contributed by atoms with Crippen LogP contribution in [0.3, 0.4) is 0 Å². The second kappa shape index (κ2) is 12.0. The van der Waals surface area contributed by atoms with E-state index in [2.05, 4.69) is 39.5 Å². The zero-order chi connectivity index (χ0) is 21.4. The zero-order valence-electron chi connectivity index (χ0n) is 20.0. The molecule has 1 fully saturated rings. The number of amides is 1. The molecule has 0 saturated carbocycles. The van der Waals surface area contributed by atoms with E-state index in [9.17, 15) is 4.79 Å². The Kier molecular flexibility index (Phi) is 11.2. The van der Waals surface area contributed by atoms with E-state index in [0.717, 1.165) is 0 Å². The first-order chi connectivity index (χ1) is 13.1. The van der Waals surface area contributed by atoms with Crippen molar-refractivity contribution in [3.8, 4) is 0 Å². The third kappa shape index (κ3) is 7.37. The van der Waals surface area contributed by atoms with E-state index in [1.165, 1.54) is 51.8 Å². The summed E-state index contributed by atoms with van der Waals surface area (Å²) in [4.78, 5) is 15.4. The first-order valence-corrected chi connectivity index (χ1v) is 19.4. The van der Waals surface area contributed by atoms with E-state index in [0.29, 0.717) is 12.5 Å². The van der Waals surface area contributed by atoms with Crippen LogP contribution in [0.4, 0.5) is 4.79 Å². The topological polar surface area (TPSA) is 38.8 Å². The van der Waals surface area contributed by atoms with Gasteiger partial charge in [-0.05, 0) is 0 Å². The van der Waals surface area contributed by atoms with Gasteiger partial charge in [-0.2, -0.15) is 0 Å². The number of ether oxygens (including phenoxy) is 2. The van der Waals surface area contributed by atoms with E-state index >= 15 is 0 Å². The van der Waals surface area contributed by atoms with Crippen LogP contribution in [-0.4, -0.2) is 51.9 Å². The molecule has 1 unspecified atom stereocenters. The summed E-state index contributed by atoms with van der Waals surface area (Å²) in [7, 11) is 0. The van der Waals surface area contributed by atoms with Crippen LogP contribution in [0.2, 0.25) is 13.3 Å². The van der Waals surface area contributed by atoms with Crippen molar-refractivity contribution in [2.75, 3.05) is 6.61 Å². The fraction of sp³-hybridized carbons (Fsp3) is 0.957. The van der Waals surface area contributed by atoms with Crippen LogP contribution in [0, 0.1) is 5.92 Å². The van der Waals surface area contributed by atoms with Gasteiger partial charge in [-0.3, -0.25) is 0 Å². The Bertz CT molecular complexity index is 439. The number of hydrogen-bond acceptors (Lipinski definition) is 3. The minimum atomic E-state index is -2.75.